The number of nitrogens with zero attached hydrogens (tertiary/aromatic N) is 4. The van der Waals surface area contributed by atoms with Gasteiger partial charge < -0.3 is 28.9 Å². The Balaban J connectivity index is 1.45. The van der Waals surface area contributed by atoms with Gasteiger partial charge in [-0.05, 0) is 43.3 Å². The summed E-state index contributed by atoms with van der Waals surface area (Å²) in [7, 11) is -4.72. The van der Waals surface area contributed by atoms with Gasteiger partial charge in [-0.25, -0.2) is 31.6 Å². The Hall–Kier alpha value is -3.77. The van der Waals surface area contributed by atoms with Crippen molar-refractivity contribution in [3.8, 4) is 11.5 Å². The number of carbonyl (C=O) groups excluding carboxylic acids is 3. The van der Waals surface area contributed by atoms with Crippen molar-refractivity contribution in [3.63, 3.8) is 0 Å². The summed E-state index contributed by atoms with van der Waals surface area (Å²) in [6.45, 7) is 1.51. The molecule has 4 rings (SSSR count). The van der Waals surface area contributed by atoms with Crippen molar-refractivity contribution in [2.24, 2.45) is 5.90 Å². The van der Waals surface area contributed by atoms with E-state index in [0.717, 1.165) is 4.90 Å². The van der Waals surface area contributed by atoms with E-state index in [9.17, 15) is 31.6 Å². The van der Waals surface area contributed by atoms with E-state index < -0.39 is 69.6 Å². The second kappa shape index (κ2) is 13.7. The highest BCUT2D eigenvalue weighted by Gasteiger charge is 2.43. The standard InChI is InChI=1S/C25H28ClF2N5O9S/c1-2-39-24(35)30-7-10-32(11-8-30)42-25(36)31-9-12-33(21(15-31)23(34)41-29)43(37,38)18-13-19(27)22(20(28)14-18)40-17-5-3-16(26)4-6-17/h3-6,13-14,21H,2,7-12,15,29H2,1H3/t21-/m1/s1. The lowest BCUT2D eigenvalue weighted by Gasteiger charge is -2.39. The zero-order valence-electron chi connectivity index (χ0n) is 22.8. The lowest BCUT2D eigenvalue weighted by atomic mass is 10.2. The molecule has 43 heavy (non-hydrogen) atoms. The van der Waals surface area contributed by atoms with E-state index in [-0.39, 0.29) is 45.1 Å². The Labute approximate surface area is 250 Å². The van der Waals surface area contributed by atoms with Gasteiger partial charge in [-0.2, -0.15) is 10.2 Å². The molecule has 2 aromatic rings. The van der Waals surface area contributed by atoms with Crippen LogP contribution < -0.4 is 10.6 Å². The Morgan fingerprint density at radius 3 is 2.14 bits per heavy atom. The van der Waals surface area contributed by atoms with Crippen molar-refractivity contribution in [1.82, 2.24) is 19.2 Å². The van der Waals surface area contributed by atoms with E-state index in [2.05, 4.69) is 4.84 Å². The summed E-state index contributed by atoms with van der Waals surface area (Å²) in [5.74, 6) is 0.363. The highest BCUT2D eigenvalue weighted by Crippen LogP contribution is 2.32. The van der Waals surface area contributed by atoms with Crippen LogP contribution in [-0.2, 0) is 29.2 Å². The fourth-order valence-electron chi connectivity index (χ4n) is 4.37. The third-order valence-electron chi connectivity index (χ3n) is 6.56. The molecule has 2 aromatic carbocycles. The number of hydrogen-bond acceptors (Lipinski definition) is 11. The highest BCUT2D eigenvalue weighted by molar-refractivity contribution is 7.89. The fourth-order valence-corrected chi connectivity index (χ4v) is 6.09. The maximum Gasteiger partial charge on any atom is 0.429 e. The van der Waals surface area contributed by atoms with Crippen molar-refractivity contribution < 1.29 is 50.7 Å². The summed E-state index contributed by atoms with van der Waals surface area (Å²) in [6, 6.07) is 5.03. The quantitative estimate of drug-likeness (QED) is 0.439. The van der Waals surface area contributed by atoms with Crippen LogP contribution in [-0.4, -0.2) is 104 Å². The molecule has 0 aliphatic carbocycles. The molecular weight excluding hydrogens is 620 g/mol. The summed E-state index contributed by atoms with van der Waals surface area (Å²) in [5, 5.41) is 1.68. The number of piperazine rings is 2. The number of nitrogens with two attached hydrogens (primary N) is 1. The van der Waals surface area contributed by atoms with Gasteiger partial charge in [0.2, 0.25) is 10.0 Å². The normalized spacial score (nSPS) is 18.2. The number of amides is 2. The van der Waals surface area contributed by atoms with Gasteiger partial charge in [0, 0.05) is 31.2 Å². The highest BCUT2D eigenvalue weighted by atomic mass is 35.5. The number of hydrogen-bond donors (Lipinski definition) is 1. The number of carbonyl (C=O) groups is 3. The number of benzene rings is 2. The lowest BCUT2D eigenvalue weighted by Crippen LogP contribution is -2.60. The first-order chi connectivity index (χ1) is 20.4. The van der Waals surface area contributed by atoms with Gasteiger partial charge in [-0.15, -0.1) is 5.06 Å². The molecule has 2 heterocycles. The first-order valence-electron chi connectivity index (χ1n) is 12.9. The van der Waals surface area contributed by atoms with E-state index in [1.54, 1.807) is 6.92 Å². The largest absolute Gasteiger partial charge is 0.451 e. The first-order valence-corrected chi connectivity index (χ1v) is 14.7. The molecule has 0 spiro atoms. The lowest BCUT2D eigenvalue weighted by molar-refractivity contribution is -0.152. The summed E-state index contributed by atoms with van der Waals surface area (Å²) in [5.41, 5.74) is 0. The minimum absolute atomic E-state index is 0.0486. The molecule has 0 saturated carbocycles. The molecule has 18 heteroatoms. The van der Waals surface area contributed by atoms with E-state index in [4.69, 9.17) is 31.8 Å². The van der Waals surface area contributed by atoms with Gasteiger partial charge in [-0.3, -0.25) is 0 Å². The smallest absolute Gasteiger partial charge is 0.429 e. The van der Waals surface area contributed by atoms with Crippen LogP contribution >= 0.6 is 11.6 Å². The van der Waals surface area contributed by atoms with Crippen molar-refractivity contribution in [2.75, 3.05) is 52.4 Å². The first kappa shape index (κ1) is 32.2. The molecule has 2 fully saturated rings. The molecule has 2 aliphatic heterocycles. The molecule has 2 N–H and O–H groups in total. The minimum atomic E-state index is -4.72. The number of sulfonamides is 1. The van der Waals surface area contributed by atoms with E-state index in [1.165, 1.54) is 34.2 Å². The van der Waals surface area contributed by atoms with Gasteiger partial charge in [-0.1, -0.05) is 11.6 Å². The number of halogens is 3. The minimum Gasteiger partial charge on any atom is -0.451 e. The van der Waals surface area contributed by atoms with Crippen LogP contribution in [0.25, 0.3) is 0 Å². The van der Waals surface area contributed by atoms with Crippen LogP contribution in [0.4, 0.5) is 18.4 Å². The summed E-state index contributed by atoms with van der Waals surface area (Å²) in [4.78, 5) is 48.6. The molecule has 0 radical (unpaired) electrons. The third kappa shape index (κ3) is 7.42. The van der Waals surface area contributed by atoms with E-state index in [0.29, 0.717) is 21.5 Å². The zero-order valence-corrected chi connectivity index (χ0v) is 24.4. The molecular formula is C25H28ClF2N5O9S. The Morgan fingerprint density at radius 2 is 1.56 bits per heavy atom. The van der Waals surface area contributed by atoms with Crippen molar-refractivity contribution >= 4 is 39.8 Å². The van der Waals surface area contributed by atoms with Crippen LogP contribution in [0.5, 0.6) is 11.5 Å². The van der Waals surface area contributed by atoms with Crippen LogP contribution in [0.3, 0.4) is 0 Å². The van der Waals surface area contributed by atoms with Crippen molar-refractivity contribution in [1.29, 1.82) is 0 Å². The predicted octanol–water partition coefficient (Wildman–Crippen LogP) is 2.33. The number of ether oxygens (including phenoxy) is 2. The third-order valence-corrected chi connectivity index (χ3v) is 8.70. The molecule has 14 nitrogen and oxygen atoms in total. The van der Waals surface area contributed by atoms with Crippen LogP contribution in [0.1, 0.15) is 6.92 Å². The van der Waals surface area contributed by atoms with Crippen LogP contribution in [0.2, 0.25) is 5.02 Å². The summed E-state index contributed by atoms with van der Waals surface area (Å²) >= 11 is 5.80. The predicted molar refractivity (Wildman–Crippen MR) is 144 cm³/mol. The molecule has 1 atom stereocenters. The van der Waals surface area contributed by atoms with Gasteiger partial charge in [0.1, 0.15) is 11.8 Å². The molecule has 0 bridgehead atoms. The maximum atomic E-state index is 14.9. The monoisotopic (exact) mass is 647 g/mol. The van der Waals surface area contributed by atoms with Gasteiger partial charge in [0.05, 0.1) is 31.1 Å². The summed E-state index contributed by atoms with van der Waals surface area (Å²) in [6.07, 6.45) is -1.38. The number of rotatable bonds is 7. The maximum absolute atomic E-state index is 14.9. The Morgan fingerprint density at radius 1 is 0.953 bits per heavy atom. The topological polar surface area (TPSA) is 161 Å². The molecule has 2 amide bonds. The fraction of sp³-hybridized carbons (Fsp3) is 0.400. The van der Waals surface area contributed by atoms with Gasteiger partial charge in [0.25, 0.3) is 0 Å². The Bertz CT molecular complexity index is 1440. The molecule has 2 saturated heterocycles. The molecule has 0 unspecified atom stereocenters. The summed E-state index contributed by atoms with van der Waals surface area (Å²) < 4.78 is 67.5. The molecule has 2 aliphatic rings. The zero-order chi connectivity index (χ0) is 31.3. The Kier molecular flexibility index (Phi) is 10.2. The van der Waals surface area contributed by atoms with Crippen LogP contribution in [0.15, 0.2) is 41.3 Å². The van der Waals surface area contributed by atoms with Crippen LogP contribution in [0, 0.1) is 11.6 Å². The average molecular weight is 648 g/mol. The average Bonchev–Trinajstić information content (AvgIpc) is 2.99. The molecule has 234 valence electrons. The van der Waals surface area contributed by atoms with Crippen molar-refractivity contribution in [3.05, 3.63) is 53.1 Å². The SMILES string of the molecule is CCOC(=O)N1CCN(OC(=O)N2CCN(S(=O)(=O)c3cc(F)c(Oc4ccc(Cl)cc4)c(F)c3)[C@@H](C(=O)ON)C2)CC1. The van der Waals surface area contributed by atoms with Gasteiger partial charge >= 0.3 is 18.2 Å². The van der Waals surface area contributed by atoms with Gasteiger partial charge in [0.15, 0.2) is 17.4 Å². The number of hydroxylamine groups is 2. The van der Waals surface area contributed by atoms with E-state index >= 15 is 0 Å². The molecule has 0 aromatic heterocycles. The second-order valence-electron chi connectivity index (χ2n) is 9.26. The van der Waals surface area contributed by atoms with Crippen molar-refractivity contribution in [2.45, 2.75) is 17.9 Å². The second-order valence-corrected chi connectivity index (χ2v) is 11.6. The van der Waals surface area contributed by atoms with E-state index in [1.807, 2.05) is 0 Å².